The van der Waals surface area contributed by atoms with Gasteiger partial charge in [0, 0.05) is 36.7 Å². The maximum atomic E-state index is 12.8. The van der Waals surface area contributed by atoms with E-state index in [0.717, 1.165) is 12.8 Å². The number of likely N-dealkylation sites (tertiary alicyclic amines) is 1. The number of piperidine rings is 1. The average molecular weight is 440 g/mol. The highest BCUT2D eigenvalue weighted by molar-refractivity contribution is 6.04. The molecule has 0 aliphatic carbocycles. The van der Waals surface area contributed by atoms with Gasteiger partial charge in [-0.05, 0) is 49.9 Å². The van der Waals surface area contributed by atoms with E-state index in [1.807, 2.05) is 0 Å². The maximum absolute atomic E-state index is 12.8. The van der Waals surface area contributed by atoms with Crippen LogP contribution in [0.15, 0.2) is 30.3 Å². The Hall–Kier alpha value is -3.75. The number of ketones is 1. The lowest BCUT2D eigenvalue weighted by molar-refractivity contribution is -0.117. The third-order valence-corrected chi connectivity index (χ3v) is 5.67. The zero-order valence-corrected chi connectivity index (χ0v) is 17.6. The van der Waals surface area contributed by atoms with Gasteiger partial charge in [-0.1, -0.05) is 0 Å². The van der Waals surface area contributed by atoms with Crippen molar-refractivity contribution in [3.8, 4) is 23.0 Å². The Labute approximate surface area is 184 Å². The van der Waals surface area contributed by atoms with Crippen LogP contribution in [0.25, 0.3) is 0 Å². The normalized spacial score (nSPS) is 17.2. The van der Waals surface area contributed by atoms with Gasteiger partial charge in [-0.25, -0.2) is 0 Å². The molecule has 2 heterocycles. The predicted octanol–water partition coefficient (Wildman–Crippen LogP) is 2.91. The summed E-state index contributed by atoms with van der Waals surface area (Å²) in [5.41, 5.74) is 0.988. The molecule has 4 rings (SSSR count). The molecule has 0 radical (unpaired) electrons. The second kappa shape index (κ2) is 8.78. The highest BCUT2D eigenvalue weighted by Gasteiger charge is 2.27. The van der Waals surface area contributed by atoms with Crippen LogP contribution in [-0.2, 0) is 4.79 Å². The van der Waals surface area contributed by atoms with Gasteiger partial charge in [-0.15, -0.1) is 0 Å². The van der Waals surface area contributed by atoms with Crippen LogP contribution in [0.3, 0.4) is 0 Å². The minimum atomic E-state index is -0.353. The monoisotopic (exact) mass is 440 g/mol. The number of hydrogen-bond acceptors (Lipinski definition) is 7. The zero-order chi connectivity index (χ0) is 22.8. The van der Waals surface area contributed by atoms with Gasteiger partial charge >= 0.3 is 0 Å². The van der Waals surface area contributed by atoms with Crippen LogP contribution >= 0.6 is 0 Å². The summed E-state index contributed by atoms with van der Waals surface area (Å²) < 4.78 is 10.6. The lowest BCUT2D eigenvalue weighted by Crippen LogP contribution is -2.40. The standard InChI is InChI=1S/C23H24N2O7/c1-13(26)16-9-20-21(32-12-31-20)10-17(16)24-22(29)7-14-3-2-6-25(11-14)23(30)15-4-5-18(27)19(28)8-15/h4-5,8-10,14,27-28H,2-3,6-7,11-12H2,1H3,(H,24,29). The van der Waals surface area contributed by atoms with Gasteiger partial charge in [-0.3, -0.25) is 14.4 Å². The number of fused-ring (bicyclic) bond motifs is 1. The third-order valence-electron chi connectivity index (χ3n) is 5.67. The summed E-state index contributed by atoms with van der Waals surface area (Å²) in [5, 5.41) is 21.9. The molecule has 1 fully saturated rings. The number of hydrogen-bond donors (Lipinski definition) is 3. The molecule has 2 aliphatic rings. The van der Waals surface area contributed by atoms with E-state index < -0.39 is 0 Å². The summed E-state index contributed by atoms with van der Waals surface area (Å²) in [6.07, 6.45) is 1.73. The number of anilines is 1. The fourth-order valence-corrected chi connectivity index (χ4v) is 4.06. The molecule has 168 valence electrons. The topological polar surface area (TPSA) is 125 Å². The number of amides is 2. The third kappa shape index (κ3) is 4.46. The number of aromatic hydroxyl groups is 2. The molecule has 1 atom stereocenters. The quantitative estimate of drug-likeness (QED) is 0.482. The summed E-state index contributed by atoms with van der Waals surface area (Å²) in [7, 11) is 0. The predicted molar refractivity (Wildman–Crippen MR) is 114 cm³/mol. The van der Waals surface area contributed by atoms with Gasteiger partial charge in [0.15, 0.2) is 28.8 Å². The molecule has 0 saturated carbocycles. The number of phenols is 2. The highest BCUT2D eigenvalue weighted by atomic mass is 16.7. The van der Waals surface area contributed by atoms with Crippen molar-refractivity contribution in [1.82, 2.24) is 4.90 Å². The van der Waals surface area contributed by atoms with Crippen molar-refractivity contribution in [2.45, 2.75) is 26.2 Å². The second-order valence-corrected chi connectivity index (χ2v) is 8.02. The molecule has 0 spiro atoms. The molecule has 2 aromatic carbocycles. The second-order valence-electron chi connectivity index (χ2n) is 8.02. The maximum Gasteiger partial charge on any atom is 0.254 e. The Morgan fingerprint density at radius 3 is 2.56 bits per heavy atom. The molecule has 9 nitrogen and oxygen atoms in total. The molecule has 0 aromatic heterocycles. The Morgan fingerprint density at radius 1 is 1.09 bits per heavy atom. The van der Waals surface area contributed by atoms with Gasteiger partial charge in [0.1, 0.15) is 0 Å². The average Bonchev–Trinajstić information content (AvgIpc) is 3.22. The van der Waals surface area contributed by atoms with Crippen molar-refractivity contribution in [2.24, 2.45) is 5.92 Å². The number of nitrogens with zero attached hydrogens (tertiary/aromatic N) is 1. The first kappa shape index (κ1) is 21.5. The van der Waals surface area contributed by atoms with Gasteiger partial charge in [-0.2, -0.15) is 0 Å². The number of phenolic OH excluding ortho intramolecular Hbond substituents is 2. The lowest BCUT2D eigenvalue weighted by Gasteiger charge is -2.32. The van der Waals surface area contributed by atoms with E-state index in [0.29, 0.717) is 35.8 Å². The molecule has 3 N–H and O–H groups in total. The van der Waals surface area contributed by atoms with Crippen LogP contribution in [0, 0.1) is 5.92 Å². The minimum absolute atomic E-state index is 0.0480. The fraction of sp³-hybridized carbons (Fsp3) is 0.348. The Balaban J connectivity index is 1.41. The van der Waals surface area contributed by atoms with Crippen molar-refractivity contribution in [2.75, 3.05) is 25.2 Å². The first-order chi connectivity index (χ1) is 15.3. The number of nitrogens with one attached hydrogen (secondary N) is 1. The van der Waals surface area contributed by atoms with E-state index in [-0.39, 0.29) is 53.8 Å². The molecule has 1 unspecified atom stereocenters. The van der Waals surface area contributed by atoms with E-state index in [2.05, 4.69) is 5.32 Å². The fourth-order valence-electron chi connectivity index (χ4n) is 4.06. The van der Waals surface area contributed by atoms with Crippen LogP contribution in [0.2, 0.25) is 0 Å². The number of carbonyl (C=O) groups excluding carboxylic acids is 3. The molecule has 0 bridgehead atoms. The van der Waals surface area contributed by atoms with Crippen LogP contribution in [-0.4, -0.2) is 52.6 Å². The van der Waals surface area contributed by atoms with Crippen LogP contribution < -0.4 is 14.8 Å². The Kier molecular flexibility index (Phi) is 5.89. The summed E-state index contributed by atoms with van der Waals surface area (Å²) in [4.78, 5) is 39.2. The van der Waals surface area contributed by atoms with Gasteiger partial charge in [0.2, 0.25) is 12.7 Å². The van der Waals surface area contributed by atoms with Crippen molar-refractivity contribution in [1.29, 1.82) is 0 Å². The molecular weight excluding hydrogens is 416 g/mol. The van der Waals surface area contributed by atoms with Crippen molar-refractivity contribution >= 4 is 23.3 Å². The van der Waals surface area contributed by atoms with Crippen molar-refractivity contribution in [3.63, 3.8) is 0 Å². The number of benzene rings is 2. The van der Waals surface area contributed by atoms with E-state index in [1.54, 1.807) is 17.0 Å². The molecule has 1 saturated heterocycles. The largest absolute Gasteiger partial charge is 0.504 e. The van der Waals surface area contributed by atoms with Gasteiger partial charge < -0.3 is 29.9 Å². The summed E-state index contributed by atoms with van der Waals surface area (Å²) in [6.45, 7) is 2.43. The van der Waals surface area contributed by atoms with E-state index in [9.17, 15) is 24.6 Å². The SMILES string of the molecule is CC(=O)c1cc2c(cc1NC(=O)CC1CCCN(C(=O)c3ccc(O)c(O)c3)C1)OCO2. The molecule has 2 aromatic rings. The van der Waals surface area contributed by atoms with Crippen molar-refractivity contribution in [3.05, 3.63) is 41.5 Å². The van der Waals surface area contributed by atoms with Crippen molar-refractivity contribution < 1.29 is 34.1 Å². The van der Waals surface area contributed by atoms with Crippen LogP contribution in [0.5, 0.6) is 23.0 Å². The summed E-state index contributed by atoms with van der Waals surface area (Å²) in [5.74, 6) is -0.477. The van der Waals surface area contributed by atoms with Gasteiger partial charge in [0.05, 0.1) is 5.69 Å². The summed E-state index contributed by atoms with van der Waals surface area (Å²) >= 11 is 0. The Bertz CT molecular complexity index is 1080. The Morgan fingerprint density at radius 2 is 1.84 bits per heavy atom. The van der Waals surface area contributed by atoms with E-state index in [1.165, 1.54) is 25.1 Å². The number of ether oxygens (including phenoxy) is 2. The molecular formula is C23H24N2O7. The van der Waals surface area contributed by atoms with E-state index in [4.69, 9.17) is 9.47 Å². The highest BCUT2D eigenvalue weighted by Crippen LogP contribution is 2.37. The van der Waals surface area contributed by atoms with Crippen LogP contribution in [0.4, 0.5) is 5.69 Å². The number of Topliss-reactive ketones (excluding diaryl/α,β-unsaturated/α-hetero) is 1. The smallest absolute Gasteiger partial charge is 0.254 e. The number of rotatable bonds is 5. The van der Waals surface area contributed by atoms with Crippen LogP contribution in [0.1, 0.15) is 46.9 Å². The minimum Gasteiger partial charge on any atom is -0.504 e. The zero-order valence-electron chi connectivity index (χ0n) is 17.6. The first-order valence-electron chi connectivity index (χ1n) is 10.4. The lowest BCUT2D eigenvalue weighted by atomic mass is 9.93. The molecule has 9 heteroatoms. The molecule has 2 aliphatic heterocycles. The summed E-state index contributed by atoms with van der Waals surface area (Å²) in [6, 6.07) is 7.11. The molecule has 2 amide bonds. The van der Waals surface area contributed by atoms with E-state index >= 15 is 0 Å². The van der Waals surface area contributed by atoms with Gasteiger partial charge in [0.25, 0.3) is 5.91 Å². The molecule has 32 heavy (non-hydrogen) atoms. The number of carbonyl (C=O) groups is 3. The first-order valence-corrected chi connectivity index (χ1v) is 10.4.